The van der Waals surface area contributed by atoms with Gasteiger partial charge in [-0.2, -0.15) is 5.26 Å². The Morgan fingerprint density at radius 2 is 1.68 bits per heavy atom. The number of amides is 1. The van der Waals surface area contributed by atoms with Crippen molar-refractivity contribution in [3.8, 4) is 17.6 Å². The lowest BCUT2D eigenvalue weighted by Crippen LogP contribution is -2.41. The summed E-state index contributed by atoms with van der Waals surface area (Å²) in [6.07, 6.45) is 1.60. The van der Waals surface area contributed by atoms with Crippen LogP contribution in [-0.2, 0) is 4.79 Å². The van der Waals surface area contributed by atoms with E-state index in [9.17, 15) is 25.1 Å². The van der Waals surface area contributed by atoms with E-state index in [0.29, 0.717) is 11.1 Å². The van der Waals surface area contributed by atoms with E-state index in [1.165, 1.54) is 24.3 Å². The molecule has 154 valence electrons. The zero-order valence-electron chi connectivity index (χ0n) is 15.9. The standard InChI is InChI=1S/C22H16N4O4S/c23-10-15-17(12-3-7-14(28)8-4-12)18(20(25)29)22-26(19(15)24)21(30)16(31-22)9-11-1-5-13(27)6-2-11/h1-9,17,27-28H,24H2,(H2,25,29)/b16-9+/t17-/m0/s1. The van der Waals surface area contributed by atoms with E-state index < -0.39 is 17.4 Å². The molecule has 1 amide bonds. The van der Waals surface area contributed by atoms with Crippen molar-refractivity contribution in [1.82, 2.24) is 4.57 Å². The molecule has 0 bridgehead atoms. The van der Waals surface area contributed by atoms with Crippen molar-refractivity contribution in [3.63, 3.8) is 0 Å². The summed E-state index contributed by atoms with van der Waals surface area (Å²) in [5.41, 5.74) is 12.7. The lowest BCUT2D eigenvalue weighted by molar-refractivity contribution is -0.113. The number of aromatic hydroxyl groups is 2. The summed E-state index contributed by atoms with van der Waals surface area (Å²) in [7, 11) is 0. The van der Waals surface area contributed by atoms with Gasteiger partial charge in [-0.25, -0.2) is 0 Å². The second-order valence-electron chi connectivity index (χ2n) is 6.86. The molecule has 2 aromatic carbocycles. The minimum absolute atomic E-state index is 0.0167. The second-order valence-corrected chi connectivity index (χ2v) is 7.89. The number of allylic oxidation sites excluding steroid dienone is 1. The summed E-state index contributed by atoms with van der Waals surface area (Å²) < 4.78 is 1.66. The molecule has 0 unspecified atom stereocenters. The number of hydrogen-bond donors (Lipinski definition) is 4. The first-order valence-corrected chi connectivity index (χ1v) is 9.89. The summed E-state index contributed by atoms with van der Waals surface area (Å²) in [6.45, 7) is 0. The van der Waals surface area contributed by atoms with Gasteiger partial charge in [0.2, 0.25) is 5.91 Å². The number of nitrogens with two attached hydrogens (primary N) is 2. The van der Waals surface area contributed by atoms with Gasteiger partial charge >= 0.3 is 0 Å². The molecule has 9 heteroatoms. The third-order valence-corrected chi connectivity index (χ3v) is 6.06. The van der Waals surface area contributed by atoms with Gasteiger partial charge in [-0.3, -0.25) is 14.2 Å². The van der Waals surface area contributed by atoms with Crippen molar-refractivity contribution < 1.29 is 15.0 Å². The van der Waals surface area contributed by atoms with E-state index in [2.05, 4.69) is 0 Å². The van der Waals surface area contributed by atoms with Crippen molar-refractivity contribution in [2.75, 3.05) is 0 Å². The molecule has 1 aromatic heterocycles. The fourth-order valence-electron chi connectivity index (χ4n) is 3.51. The second kappa shape index (κ2) is 7.51. The number of thiazole rings is 1. The highest BCUT2D eigenvalue weighted by atomic mass is 32.1. The molecule has 0 saturated carbocycles. The lowest BCUT2D eigenvalue weighted by atomic mass is 9.83. The lowest BCUT2D eigenvalue weighted by Gasteiger charge is -2.24. The van der Waals surface area contributed by atoms with E-state index in [4.69, 9.17) is 11.5 Å². The van der Waals surface area contributed by atoms with Crippen LogP contribution in [0.25, 0.3) is 17.5 Å². The first-order chi connectivity index (χ1) is 14.8. The minimum atomic E-state index is -0.873. The Morgan fingerprint density at radius 1 is 1.10 bits per heavy atom. The molecule has 1 atom stereocenters. The molecule has 3 aromatic rings. The van der Waals surface area contributed by atoms with Crippen LogP contribution in [0.1, 0.15) is 17.0 Å². The molecular formula is C22H16N4O4S. The summed E-state index contributed by atoms with van der Waals surface area (Å²) in [4.78, 5) is 25.6. The number of carbonyl (C=O) groups is 1. The number of hydrogen-bond acceptors (Lipinski definition) is 7. The monoisotopic (exact) mass is 432 g/mol. The Hall–Kier alpha value is -4.29. The number of nitrogens with zero attached hydrogens (tertiary/aromatic N) is 2. The smallest absolute Gasteiger partial charge is 0.274 e. The first-order valence-electron chi connectivity index (χ1n) is 9.07. The fraction of sp³-hybridized carbons (Fsp3) is 0.0455. The molecule has 0 radical (unpaired) electrons. The van der Waals surface area contributed by atoms with Crippen LogP contribution in [0.15, 0.2) is 58.9 Å². The molecule has 0 saturated heterocycles. The SMILES string of the molecule is N#CC1=C(N)n2c(s/c(=C/c3ccc(O)cc3)c2=O)=C(C(N)=O)[C@H]1c1ccc(O)cc1. The van der Waals surface area contributed by atoms with Crippen molar-refractivity contribution >= 4 is 34.7 Å². The third kappa shape index (κ3) is 3.35. The van der Waals surface area contributed by atoms with Gasteiger partial charge in [0.15, 0.2) is 0 Å². The number of aromatic nitrogens is 1. The van der Waals surface area contributed by atoms with Crippen molar-refractivity contribution in [1.29, 1.82) is 5.26 Å². The Labute approximate surface area is 179 Å². The first kappa shape index (κ1) is 20.0. The maximum absolute atomic E-state index is 13.1. The number of benzene rings is 2. The van der Waals surface area contributed by atoms with Crippen LogP contribution in [-0.4, -0.2) is 20.7 Å². The Kier molecular flexibility index (Phi) is 4.85. The van der Waals surface area contributed by atoms with Crippen LogP contribution in [0.3, 0.4) is 0 Å². The van der Waals surface area contributed by atoms with Gasteiger partial charge in [0, 0.05) is 0 Å². The zero-order valence-corrected chi connectivity index (χ0v) is 16.8. The van der Waals surface area contributed by atoms with Gasteiger partial charge in [-0.05, 0) is 41.5 Å². The molecule has 1 aliphatic rings. The number of carbonyl (C=O) groups excluding carboxylic acids is 1. The molecule has 0 fully saturated rings. The number of phenols is 2. The summed E-state index contributed by atoms with van der Waals surface area (Å²) in [5, 5.41) is 28.8. The highest BCUT2D eigenvalue weighted by Gasteiger charge is 2.34. The highest BCUT2D eigenvalue weighted by Crippen LogP contribution is 2.36. The van der Waals surface area contributed by atoms with Gasteiger partial charge in [-0.1, -0.05) is 24.3 Å². The summed E-state index contributed by atoms with van der Waals surface area (Å²) >= 11 is 1.04. The average Bonchev–Trinajstić information content (AvgIpc) is 3.06. The average molecular weight is 432 g/mol. The van der Waals surface area contributed by atoms with Gasteiger partial charge < -0.3 is 21.7 Å². The number of rotatable bonds is 3. The van der Waals surface area contributed by atoms with Crippen LogP contribution in [0.4, 0.5) is 0 Å². The van der Waals surface area contributed by atoms with Gasteiger partial charge in [0.05, 0.1) is 27.7 Å². The Morgan fingerprint density at radius 3 is 2.23 bits per heavy atom. The number of fused-ring (bicyclic) bond motifs is 1. The Balaban J connectivity index is 2.07. The van der Waals surface area contributed by atoms with E-state index in [1.807, 2.05) is 6.07 Å². The molecule has 2 heterocycles. The maximum Gasteiger partial charge on any atom is 0.274 e. The fourth-order valence-corrected chi connectivity index (χ4v) is 4.69. The predicted molar refractivity (Wildman–Crippen MR) is 116 cm³/mol. The number of primary amides is 1. The van der Waals surface area contributed by atoms with E-state index in [1.54, 1.807) is 30.3 Å². The highest BCUT2D eigenvalue weighted by molar-refractivity contribution is 7.07. The van der Waals surface area contributed by atoms with Crippen molar-refractivity contribution in [3.05, 3.63) is 84.8 Å². The van der Waals surface area contributed by atoms with E-state index >= 15 is 0 Å². The minimum Gasteiger partial charge on any atom is -0.508 e. The molecule has 0 spiro atoms. The quantitative estimate of drug-likeness (QED) is 0.464. The third-order valence-electron chi connectivity index (χ3n) is 4.95. The van der Waals surface area contributed by atoms with Gasteiger partial charge in [-0.15, -0.1) is 11.3 Å². The molecular weight excluding hydrogens is 416 g/mol. The maximum atomic E-state index is 13.1. The molecule has 4 rings (SSSR count). The van der Waals surface area contributed by atoms with E-state index in [0.717, 1.165) is 15.9 Å². The molecule has 0 aliphatic carbocycles. The normalized spacial score (nSPS) is 16.2. The van der Waals surface area contributed by atoms with Gasteiger partial charge in [0.25, 0.3) is 5.56 Å². The molecule has 31 heavy (non-hydrogen) atoms. The van der Waals surface area contributed by atoms with Crippen LogP contribution in [0.2, 0.25) is 0 Å². The number of phenolic OH excluding ortho intramolecular Hbond substituents is 2. The largest absolute Gasteiger partial charge is 0.508 e. The molecule has 6 N–H and O–H groups in total. The Bertz CT molecular complexity index is 1460. The molecule has 8 nitrogen and oxygen atoms in total. The van der Waals surface area contributed by atoms with Crippen molar-refractivity contribution in [2.24, 2.45) is 11.5 Å². The van der Waals surface area contributed by atoms with E-state index in [-0.39, 0.29) is 37.7 Å². The number of nitriles is 1. The van der Waals surface area contributed by atoms with Crippen LogP contribution in [0.5, 0.6) is 11.5 Å². The summed E-state index contributed by atoms with van der Waals surface area (Å²) in [5.74, 6) is -1.62. The topological polar surface area (TPSA) is 155 Å². The summed E-state index contributed by atoms with van der Waals surface area (Å²) in [6, 6.07) is 14.2. The van der Waals surface area contributed by atoms with Crippen LogP contribution >= 0.6 is 11.3 Å². The zero-order chi connectivity index (χ0) is 22.3. The van der Waals surface area contributed by atoms with Crippen LogP contribution in [0, 0.1) is 11.3 Å². The predicted octanol–water partition coefficient (Wildman–Crippen LogP) is 0.234. The molecule has 1 aliphatic heterocycles. The van der Waals surface area contributed by atoms with Crippen LogP contribution < -0.4 is 26.2 Å². The van der Waals surface area contributed by atoms with Crippen molar-refractivity contribution in [2.45, 2.75) is 5.92 Å². The van der Waals surface area contributed by atoms with Gasteiger partial charge in [0.1, 0.15) is 22.0 Å².